The van der Waals surface area contributed by atoms with Crippen LogP contribution in [-0.2, 0) is 29.0 Å². The smallest absolute Gasteiger partial charge is 0.243 e. The molecule has 0 aromatic heterocycles. The zero-order chi connectivity index (χ0) is 24.5. The molecule has 2 amide bonds. The Morgan fingerprint density at radius 2 is 1.56 bits per heavy atom. The van der Waals surface area contributed by atoms with Crippen molar-refractivity contribution in [1.82, 2.24) is 10.2 Å². The molecule has 178 valence electrons. The Bertz CT molecular complexity index is 1080. The van der Waals surface area contributed by atoms with Gasteiger partial charge in [-0.3, -0.25) is 9.59 Å². The summed E-state index contributed by atoms with van der Waals surface area (Å²) in [6, 6.07) is 22.2. The number of methoxy groups -OCH3 is 1. The third-order valence-corrected chi connectivity index (χ3v) is 5.51. The molecule has 0 radical (unpaired) electrons. The van der Waals surface area contributed by atoms with Crippen LogP contribution in [0.15, 0.2) is 78.9 Å². The second-order valence-electron chi connectivity index (χ2n) is 8.51. The van der Waals surface area contributed by atoms with Crippen LogP contribution in [0, 0.1) is 5.82 Å². The summed E-state index contributed by atoms with van der Waals surface area (Å²) >= 11 is 0. The lowest BCUT2D eigenvalue weighted by atomic mass is 10.0. The monoisotopic (exact) mass is 462 g/mol. The van der Waals surface area contributed by atoms with Crippen LogP contribution in [0.3, 0.4) is 0 Å². The van der Waals surface area contributed by atoms with E-state index in [-0.39, 0.29) is 30.8 Å². The number of nitrogens with one attached hydrogen (secondary N) is 1. The molecule has 0 unspecified atom stereocenters. The van der Waals surface area contributed by atoms with E-state index in [4.69, 9.17) is 4.74 Å². The number of nitrogens with zero attached hydrogens (tertiary/aromatic N) is 1. The molecule has 0 aliphatic carbocycles. The highest BCUT2D eigenvalue weighted by Gasteiger charge is 2.31. The van der Waals surface area contributed by atoms with E-state index in [0.29, 0.717) is 17.7 Å². The zero-order valence-electron chi connectivity index (χ0n) is 19.8. The molecule has 1 N–H and O–H groups in total. The summed E-state index contributed by atoms with van der Waals surface area (Å²) in [5.74, 6) is -0.239. The number of benzene rings is 3. The molecular weight excluding hydrogens is 431 g/mol. The summed E-state index contributed by atoms with van der Waals surface area (Å²) in [5.41, 5.74) is 2.07. The van der Waals surface area contributed by atoms with E-state index in [1.807, 2.05) is 56.3 Å². The third kappa shape index (κ3) is 6.91. The maximum Gasteiger partial charge on any atom is 0.243 e. The lowest BCUT2D eigenvalue weighted by Crippen LogP contribution is -2.52. The zero-order valence-corrected chi connectivity index (χ0v) is 19.8. The minimum Gasteiger partial charge on any atom is -0.497 e. The predicted molar refractivity (Wildman–Crippen MR) is 131 cm³/mol. The Hall–Kier alpha value is -3.67. The lowest BCUT2D eigenvalue weighted by Gasteiger charge is -2.32. The van der Waals surface area contributed by atoms with Gasteiger partial charge >= 0.3 is 0 Å². The quantitative estimate of drug-likeness (QED) is 0.481. The lowest BCUT2D eigenvalue weighted by molar-refractivity contribution is -0.141. The molecule has 0 saturated heterocycles. The van der Waals surface area contributed by atoms with Crippen LogP contribution in [0.5, 0.6) is 5.75 Å². The number of rotatable bonds is 10. The van der Waals surface area contributed by atoms with E-state index >= 15 is 0 Å². The highest BCUT2D eigenvalue weighted by Crippen LogP contribution is 2.19. The summed E-state index contributed by atoms with van der Waals surface area (Å²) in [4.78, 5) is 28.4. The van der Waals surface area contributed by atoms with Gasteiger partial charge in [-0.05, 0) is 43.2 Å². The maximum atomic E-state index is 14.6. The molecule has 3 rings (SSSR count). The van der Waals surface area contributed by atoms with Crippen molar-refractivity contribution in [3.05, 3.63) is 101 Å². The van der Waals surface area contributed by atoms with Crippen LogP contribution in [0.2, 0.25) is 0 Å². The summed E-state index contributed by atoms with van der Waals surface area (Å²) in [6.45, 7) is 3.74. The van der Waals surface area contributed by atoms with Crippen molar-refractivity contribution in [1.29, 1.82) is 0 Å². The number of hydrogen-bond acceptors (Lipinski definition) is 3. The molecule has 0 aliphatic rings. The number of amides is 2. The van der Waals surface area contributed by atoms with Gasteiger partial charge in [0.1, 0.15) is 17.6 Å². The average Bonchev–Trinajstić information content (AvgIpc) is 2.83. The Morgan fingerprint density at radius 3 is 2.18 bits per heavy atom. The van der Waals surface area contributed by atoms with E-state index in [1.54, 1.807) is 37.4 Å². The SMILES string of the molecule is COc1ccc(CC(=O)N(Cc2ccccc2F)[C@H](Cc2ccccc2)C(=O)NC(C)C)cc1. The molecule has 6 heteroatoms. The van der Waals surface area contributed by atoms with Crippen LogP contribution in [-0.4, -0.2) is 35.9 Å². The third-order valence-electron chi connectivity index (χ3n) is 5.51. The fourth-order valence-electron chi connectivity index (χ4n) is 3.76. The Labute approximate surface area is 200 Å². The molecule has 34 heavy (non-hydrogen) atoms. The highest BCUT2D eigenvalue weighted by atomic mass is 19.1. The van der Waals surface area contributed by atoms with E-state index in [2.05, 4.69) is 5.32 Å². The molecule has 0 saturated carbocycles. The van der Waals surface area contributed by atoms with Gasteiger partial charge in [0.15, 0.2) is 0 Å². The van der Waals surface area contributed by atoms with Gasteiger partial charge in [0, 0.05) is 24.6 Å². The number of halogens is 1. The highest BCUT2D eigenvalue weighted by molar-refractivity contribution is 5.89. The van der Waals surface area contributed by atoms with Crippen molar-refractivity contribution >= 4 is 11.8 Å². The minimum absolute atomic E-state index is 0.00925. The van der Waals surface area contributed by atoms with Crippen LogP contribution >= 0.6 is 0 Å². The van der Waals surface area contributed by atoms with Crippen molar-refractivity contribution in [2.75, 3.05) is 7.11 Å². The second kappa shape index (κ2) is 12.0. The van der Waals surface area contributed by atoms with Crippen LogP contribution < -0.4 is 10.1 Å². The topological polar surface area (TPSA) is 58.6 Å². The molecule has 3 aromatic carbocycles. The van der Waals surface area contributed by atoms with Gasteiger partial charge < -0.3 is 15.0 Å². The molecule has 1 atom stereocenters. The molecule has 0 spiro atoms. The van der Waals surface area contributed by atoms with Crippen molar-refractivity contribution < 1.29 is 18.7 Å². The van der Waals surface area contributed by atoms with Gasteiger partial charge in [-0.25, -0.2) is 4.39 Å². The van der Waals surface area contributed by atoms with Gasteiger partial charge in [-0.2, -0.15) is 0 Å². The average molecular weight is 463 g/mol. The fraction of sp³-hybridized carbons (Fsp3) is 0.286. The van der Waals surface area contributed by atoms with E-state index in [1.165, 1.54) is 11.0 Å². The minimum atomic E-state index is -0.796. The van der Waals surface area contributed by atoms with Crippen molar-refractivity contribution in [3.63, 3.8) is 0 Å². The van der Waals surface area contributed by atoms with Crippen molar-refractivity contribution in [3.8, 4) is 5.75 Å². The largest absolute Gasteiger partial charge is 0.497 e. The summed E-state index contributed by atoms with van der Waals surface area (Å²) < 4.78 is 19.8. The van der Waals surface area contributed by atoms with Crippen molar-refractivity contribution in [2.24, 2.45) is 0 Å². The molecule has 0 bridgehead atoms. The fourth-order valence-corrected chi connectivity index (χ4v) is 3.76. The normalized spacial score (nSPS) is 11.7. The molecule has 0 fully saturated rings. The Kier molecular flexibility index (Phi) is 8.79. The van der Waals surface area contributed by atoms with Crippen molar-refractivity contribution in [2.45, 2.75) is 45.3 Å². The van der Waals surface area contributed by atoms with Gasteiger partial charge in [0.05, 0.1) is 13.5 Å². The van der Waals surface area contributed by atoms with E-state index in [0.717, 1.165) is 11.1 Å². The van der Waals surface area contributed by atoms with Crippen LogP contribution in [0.1, 0.15) is 30.5 Å². The number of carbonyl (C=O) groups excluding carboxylic acids is 2. The number of hydrogen-bond donors (Lipinski definition) is 1. The maximum absolute atomic E-state index is 14.6. The van der Waals surface area contributed by atoms with Gasteiger partial charge in [0.25, 0.3) is 0 Å². The first-order valence-electron chi connectivity index (χ1n) is 11.4. The first kappa shape index (κ1) is 25.0. The van der Waals surface area contributed by atoms with Gasteiger partial charge in [-0.15, -0.1) is 0 Å². The van der Waals surface area contributed by atoms with Crippen LogP contribution in [0.25, 0.3) is 0 Å². The standard InChI is InChI=1S/C28H31FN2O3/c1-20(2)30-28(33)26(17-21-9-5-4-6-10-21)31(19-23-11-7-8-12-25(23)29)27(32)18-22-13-15-24(34-3)16-14-22/h4-16,20,26H,17-19H2,1-3H3,(H,30,33)/t26-/m1/s1. The first-order chi connectivity index (χ1) is 16.4. The molecule has 0 heterocycles. The summed E-state index contributed by atoms with van der Waals surface area (Å²) in [5, 5.41) is 2.93. The molecular formula is C28H31FN2O3. The second-order valence-corrected chi connectivity index (χ2v) is 8.51. The molecule has 5 nitrogen and oxygen atoms in total. The number of carbonyl (C=O) groups is 2. The predicted octanol–water partition coefficient (Wildman–Crippen LogP) is 4.54. The number of ether oxygens (including phenoxy) is 1. The summed E-state index contributed by atoms with van der Waals surface area (Å²) in [7, 11) is 1.58. The first-order valence-corrected chi connectivity index (χ1v) is 11.4. The van der Waals surface area contributed by atoms with Gasteiger partial charge in [-0.1, -0.05) is 60.7 Å². The Morgan fingerprint density at radius 1 is 0.912 bits per heavy atom. The van der Waals surface area contributed by atoms with Gasteiger partial charge in [0.2, 0.25) is 11.8 Å². The molecule has 3 aromatic rings. The van der Waals surface area contributed by atoms with Crippen LogP contribution in [0.4, 0.5) is 4.39 Å². The van der Waals surface area contributed by atoms with E-state index < -0.39 is 11.9 Å². The molecule has 0 aliphatic heterocycles. The summed E-state index contributed by atoms with van der Waals surface area (Å²) in [6.07, 6.45) is 0.404. The van der Waals surface area contributed by atoms with E-state index in [9.17, 15) is 14.0 Å². The Balaban J connectivity index is 1.96.